The molecule has 1 aliphatic rings. The summed E-state index contributed by atoms with van der Waals surface area (Å²) in [7, 11) is 0. The first-order chi connectivity index (χ1) is 23.1. The van der Waals surface area contributed by atoms with Gasteiger partial charge in [-0.1, -0.05) is 73.7 Å². The number of nitrogens with one attached hydrogen (secondary N) is 2. The minimum Gasteiger partial charge on any atom is -0.464 e. The van der Waals surface area contributed by atoms with Crippen molar-refractivity contribution in [3.8, 4) is 0 Å². The van der Waals surface area contributed by atoms with Gasteiger partial charge in [-0.15, -0.1) is 0 Å². The molecule has 0 bridgehead atoms. The first kappa shape index (κ1) is 38.0. The second-order valence-electron chi connectivity index (χ2n) is 12.4. The van der Waals surface area contributed by atoms with Crippen molar-refractivity contribution in [3.63, 3.8) is 0 Å². The number of hydrogen-bond donors (Lipinski definition) is 3. The van der Waals surface area contributed by atoms with Crippen molar-refractivity contribution >= 4 is 68.1 Å². The first-order valence-electron chi connectivity index (χ1n) is 16.8. The molecule has 11 heteroatoms. The Labute approximate surface area is 303 Å². The van der Waals surface area contributed by atoms with Gasteiger partial charge in [0, 0.05) is 35.3 Å². The highest BCUT2D eigenvalue weighted by Crippen LogP contribution is 2.39. The Morgan fingerprint density at radius 3 is 2.31 bits per heavy atom. The molecule has 8 nitrogen and oxygen atoms in total. The molecule has 0 spiro atoms. The number of hydrogen-bond acceptors (Lipinski definition) is 8. The third-order valence-corrected chi connectivity index (χ3v) is 10.1. The van der Waals surface area contributed by atoms with E-state index >= 15 is 0 Å². The van der Waals surface area contributed by atoms with Crippen LogP contribution >= 0.6 is 39.1 Å². The van der Waals surface area contributed by atoms with Crippen LogP contribution in [0.1, 0.15) is 80.4 Å². The summed E-state index contributed by atoms with van der Waals surface area (Å²) in [5, 5.41) is 7.84. The lowest BCUT2D eigenvalue weighted by molar-refractivity contribution is -0.143. The fourth-order valence-electron chi connectivity index (χ4n) is 6.23. The van der Waals surface area contributed by atoms with Gasteiger partial charge < -0.3 is 25.8 Å². The Kier molecular flexibility index (Phi) is 14.9. The van der Waals surface area contributed by atoms with Crippen molar-refractivity contribution in [3.05, 3.63) is 85.8 Å². The van der Waals surface area contributed by atoms with Crippen molar-refractivity contribution in [1.29, 1.82) is 0 Å². The lowest BCUT2D eigenvalue weighted by Crippen LogP contribution is -2.37. The Morgan fingerprint density at radius 1 is 0.979 bits per heavy atom. The Hall–Kier alpha value is -2.82. The predicted molar refractivity (Wildman–Crippen MR) is 199 cm³/mol. The van der Waals surface area contributed by atoms with Crippen LogP contribution in [0, 0.1) is 5.92 Å². The lowest BCUT2D eigenvalue weighted by Gasteiger charge is -2.32. The van der Waals surface area contributed by atoms with Crippen LogP contribution in [-0.2, 0) is 20.7 Å². The zero-order chi connectivity index (χ0) is 34.6. The van der Waals surface area contributed by atoms with E-state index in [1.807, 2.05) is 30.3 Å². The number of halogens is 3. The van der Waals surface area contributed by atoms with Crippen LogP contribution in [0.25, 0.3) is 0 Å². The standard InChI is InChI=1S/C37H47BrCl2N4O4/c1-4-42-35(25-11-6-5-7-12-25)28-21-27(22-29(38)34(28)41)37(46)48-20-18-44(24(2)3)17-19-47-33(45)23-26-13-8-9-16-32(26)43-36-30(39)14-10-15-31(36)40/h8-10,13-16,21-22,24-25,35,42-43H,4-7,11-12,17-20,23,41H2,1-3H3. The van der Waals surface area contributed by atoms with Crippen LogP contribution in [0.15, 0.2) is 59.1 Å². The number of rotatable bonds is 16. The van der Waals surface area contributed by atoms with Gasteiger partial charge in [0.05, 0.1) is 33.4 Å². The van der Waals surface area contributed by atoms with Crippen LogP contribution in [0.5, 0.6) is 0 Å². The fourth-order valence-corrected chi connectivity index (χ4v) is 7.20. The molecule has 4 N–H and O–H groups in total. The summed E-state index contributed by atoms with van der Waals surface area (Å²) in [6.45, 7) is 8.43. The minimum atomic E-state index is -0.392. The van der Waals surface area contributed by atoms with Crippen LogP contribution in [0.3, 0.4) is 0 Å². The second-order valence-corrected chi connectivity index (χ2v) is 14.1. The number of benzene rings is 3. The molecular weight excluding hydrogens is 715 g/mol. The largest absolute Gasteiger partial charge is 0.464 e. The third-order valence-electron chi connectivity index (χ3n) is 8.84. The molecule has 3 aromatic carbocycles. The van der Waals surface area contributed by atoms with Crippen LogP contribution in [-0.4, -0.2) is 55.7 Å². The maximum absolute atomic E-state index is 13.2. The highest BCUT2D eigenvalue weighted by molar-refractivity contribution is 9.10. The average Bonchev–Trinajstić information content (AvgIpc) is 3.07. The number of para-hydroxylation sites is 2. The fraction of sp³-hybridized carbons (Fsp3) is 0.459. The number of ether oxygens (including phenoxy) is 2. The van der Waals surface area contributed by atoms with E-state index in [-0.39, 0.29) is 37.7 Å². The molecule has 0 saturated heterocycles. The van der Waals surface area contributed by atoms with Gasteiger partial charge in [0.1, 0.15) is 13.2 Å². The van der Waals surface area contributed by atoms with E-state index in [1.165, 1.54) is 19.3 Å². The topological polar surface area (TPSA) is 106 Å². The third kappa shape index (κ3) is 10.6. The van der Waals surface area contributed by atoms with Crippen LogP contribution < -0.4 is 16.4 Å². The van der Waals surface area contributed by atoms with E-state index in [0.29, 0.717) is 50.5 Å². The summed E-state index contributed by atoms with van der Waals surface area (Å²) in [5.74, 6) is -0.262. The summed E-state index contributed by atoms with van der Waals surface area (Å²) in [6.07, 6.45) is 6.07. The molecule has 260 valence electrons. The van der Waals surface area contributed by atoms with E-state index in [0.717, 1.165) is 36.2 Å². The zero-order valence-corrected chi connectivity index (χ0v) is 31.1. The van der Waals surface area contributed by atoms with E-state index in [2.05, 4.69) is 52.2 Å². The normalized spacial score (nSPS) is 14.2. The number of carbonyl (C=O) groups excluding carboxylic acids is 2. The maximum atomic E-state index is 13.2. The first-order valence-corrected chi connectivity index (χ1v) is 18.3. The van der Waals surface area contributed by atoms with E-state index < -0.39 is 5.97 Å². The molecule has 48 heavy (non-hydrogen) atoms. The lowest BCUT2D eigenvalue weighted by atomic mass is 9.80. The van der Waals surface area contributed by atoms with Crippen molar-refractivity contribution in [2.24, 2.45) is 5.92 Å². The summed E-state index contributed by atoms with van der Waals surface area (Å²) in [5.41, 5.74) is 10.7. The number of nitrogens with zero attached hydrogens (tertiary/aromatic N) is 1. The molecule has 1 aliphatic carbocycles. The van der Waals surface area contributed by atoms with Crippen molar-refractivity contribution in [1.82, 2.24) is 10.2 Å². The van der Waals surface area contributed by atoms with E-state index in [9.17, 15) is 9.59 Å². The monoisotopic (exact) mass is 760 g/mol. The van der Waals surface area contributed by atoms with Gasteiger partial charge in [0.15, 0.2) is 0 Å². The van der Waals surface area contributed by atoms with Gasteiger partial charge in [0.2, 0.25) is 0 Å². The Balaban J connectivity index is 1.29. The zero-order valence-electron chi connectivity index (χ0n) is 28.0. The van der Waals surface area contributed by atoms with E-state index in [4.69, 9.17) is 38.4 Å². The van der Waals surface area contributed by atoms with E-state index in [1.54, 1.807) is 24.3 Å². The van der Waals surface area contributed by atoms with Gasteiger partial charge in [-0.25, -0.2) is 4.79 Å². The molecular formula is C37H47BrCl2N4O4. The van der Waals surface area contributed by atoms with Gasteiger partial charge in [0.25, 0.3) is 0 Å². The smallest absolute Gasteiger partial charge is 0.338 e. The number of nitrogens with two attached hydrogens (primary N) is 1. The number of anilines is 3. The number of carbonyl (C=O) groups is 2. The molecule has 0 radical (unpaired) electrons. The molecule has 0 aromatic heterocycles. The van der Waals surface area contributed by atoms with Crippen molar-refractivity contribution in [2.75, 3.05) is 43.9 Å². The minimum absolute atomic E-state index is 0.0824. The second kappa shape index (κ2) is 18.8. The summed E-state index contributed by atoms with van der Waals surface area (Å²) >= 11 is 16.2. The highest BCUT2D eigenvalue weighted by Gasteiger charge is 2.28. The molecule has 0 heterocycles. The van der Waals surface area contributed by atoms with Gasteiger partial charge >= 0.3 is 11.9 Å². The number of nitrogen functional groups attached to an aromatic ring is 1. The molecule has 0 aliphatic heterocycles. The molecule has 3 aromatic rings. The molecule has 1 unspecified atom stereocenters. The molecule has 1 saturated carbocycles. The van der Waals surface area contributed by atoms with Gasteiger partial charge in [-0.2, -0.15) is 0 Å². The maximum Gasteiger partial charge on any atom is 0.338 e. The molecule has 0 amide bonds. The van der Waals surface area contributed by atoms with Crippen molar-refractivity contribution < 1.29 is 19.1 Å². The molecule has 1 fully saturated rings. The van der Waals surface area contributed by atoms with Crippen LogP contribution in [0.4, 0.5) is 17.1 Å². The summed E-state index contributed by atoms with van der Waals surface area (Å²) < 4.78 is 12.0. The quantitative estimate of drug-likeness (QED) is 0.0982. The predicted octanol–water partition coefficient (Wildman–Crippen LogP) is 8.97. The van der Waals surface area contributed by atoms with Crippen LogP contribution in [0.2, 0.25) is 10.0 Å². The Morgan fingerprint density at radius 2 is 1.65 bits per heavy atom. The molecule has 1 atom stereocenters. The van der Waals surface area contributed by atoms with Crippen molar-refractivity contribution in [2.45, 2.75) is 71.4 Å². The SMILES string of the molecule is CCNC(c1cc(C(=O)OCCN(CCOC(=O)Cc2ccccc2Nc2c(Cl)cccc2Cl)C(C)C)cc(Br)c1N)C1CCCCC1. The van der Waals surface area contributed by atoms with Gasteiger partial charge in [-0.3, -0.25) is 9.69 Å². The Bertz CT molecular complexity index is 1510. The molecule has 4 rings (SSSR count). The van der Waals surface area contributed by atoms with Gasteiger partial charge in [-0.05, 0) is 96.5 Å². The number of esters is 2. The average molecular weight is 763 g/mol. The summed E-state index contributed by atoms with van der Waals surface area (Å²) in [6, 6.07) is 16.6. The summed E-state index contributed by atoms with van der Waals surface area (Å²) in [4.78, 5) is 28.2. The highest BCUT2D eigenvalue weighted by atomic mass is 79.9.